The van der Waals surface area contributed by atoms with Crippen molar-refractivity contribution in [2.75, 3.05) is 26.2 Å². The number of rotatable bonds is 20. The Morgan fingerprint density at radius 2 is 1.08 bits per heavy atom. The van der Waals surface area contributed by atoms with Gasteiger partial charge in [0.25, 0.3) is 20.0 Å². The van der Waals surface area contributed by atoms with Crippen molar-refractivity contribution >= 4 is 55.8 Å². The van der Waals surface area contributed by atoms with Crippen LogP contribution in [0.4, 0.5) is 4.79 Å². The zero-order valence-electron chi connectivity index (χ0n) is 45.7. The summed E-state index contributed by atoms with van der Waals surface area (Å²) in [5.41, 5.74) is 7.94. The Labute approximate surface area is 455 Å². The lowest BCUT2D eigenvalue weighted by Crippen LogP contribution is -2.51. The summed E-state index contributed by atoms with van der Waals surface area (Å²) in [6.45, 7) is 17.3. The van der Waals surface area contributed by atoms with Crippen LogP contribution in [0, 0.1) is 52.4 Å². The fraction of sp³-hybridized carbons (Fsp3) is 0.455. The third kappa shape index (κ3) is 12.8. The first-order valence-electron chi connectivity index (χ1n) is 25.8. The van der Waals surface area contributed by atoms with Crippen LogP contribution in [0.1, 0.15) is 115 Å². The average molecular weight is 1110 g/mol. The maximum Gasteiger partial charge on any atom is 0.407 e. The molecular weight excluding hydrogens is 1040 g/mol. The van der Waals surface area contributed by atoms with Gasteiger partial charge in [-0.15, -0.1) is 0 Å². The molecule has 0 aromatic heterocycles. The molecule has 3 amide bonds. The Morgan fingerprint density at radius 3 is 1.53 bits per heavy atom. The van der Waals surface area contributed by atoms with Crippen molar-refractivity contribution in [1.29, 1.82) is 10.8 Å². The third-order valence-corrected chi connectivity index (χ3v) is 17.8. The molecule has 21 nitrogen and oxygen atoms in total. The van der Waals surface area contributed by atoms with Gasteiger partial charge in [0, 0.05) is 43.0 Å². The SMILES string of the molecule is Cc1c(C)c(S(=O)(=O)NC(=N)NCCC[C@H](NC(=O)CNC(=O)[C@H](CCCNC(=N)NS(=O)(=O)c2c(C)c(C)c3c(c2C)CC(C)(C)O3)NC(=O)OCC2c3ccccc3-c3ccccc32)C(=O)O)c(C)c2c1OC(C)(C)C2. The van der Waals surface area contributed by atoms with Crippen molar-refractivity contribution < 1.29 is 55.3 Å². The van der Waals surface area contributed by atoms with Gasteiger partial charge in [-0.1, -0.05) is 48.5 Å². The first-order valence-corrected chi connectivity index (χ1v) is 28.7. The largest absolute Gasteiger partial charge is 0.487 e. The van der Waals surface area contributed by atoms with Crippen LogP contribution in [0.5, 0.6) is 11.5 Å². The number of carbonyl (C=O) groups is 4. The summed E-state index contributed by atoms with van der Waals surface area (Å²) in [6, 6.07) is 12.8. The summed E-state index contributed by atoms with van der Waals surface area (Å²) in [7, 11) is -8.46. The molecule has 420 valence electrons. The van der Waals surface area contributed by atoms with E-state index < -0.39 is 85.7 Å². The summed E-state index contributed by atoms with van der Waals surface area (Å²) in [5, 5.41) is 39.5. The van der Waals surface area contributed by atoms with Crippen LogP contribution < -0.4 is 45.5 Å². The van der Waals surface area contributed by atoms with Gasteiger partial charge < -0.3 is 45.9 Å². The van der Waals surface area contributed by atoms with Gasteiger partial charge in [-0.25, -0.2) is 35.9 Å². The van der Waals surface area contributed by atoms with E-state index in [0.717, 1.165) is 33.4 Å². The Bertz CT molecular complexity index is 3280. The highest BCUT2D eigenvalue weighted by Gasteiger charge is 2.39. The lowest BCUT2D eigenvalue weighted by molar-refractivity contribution is -0.142. The lowest BCUT2D eigenvalue weighted by atomic mass is 9.94. The topological polar surface area (TPSA) is 316 Å². The molecule has 10 N–H and O–H groups in total. The predicted octanol–water partition coefficient (Wildman–Crippen LogP) is 5.42. The second-order valence-electron chi connectivity index (χ2n) is 21.4. The molecule has 2 aliphatic heterocycles. The molecule has 1 aliphatic carbocycles. The highest BCUT2D eigenvalue weighted by atomic mass is 32.2. The maximum absolute atomic E-state index is 13.8. The standard InChI is InChI=1S/C55H71N9O12S2/c1-29-31(3)47(33(5)39-25-54(7,8)75-45(29)39)77(70,71)63-51(56)58-23-15-21-42(62-53(69)74-28-41-37-19-13-11-17-35(37)36-18-12-14-20-38(36)41)49(66)60-27-44(65)61-43(50(67)68)22-16-24-59-52(57)64-78(72,73)48-32(4)30(2)46-40(34(48)6)26-55(9,10)76-46/h11-14,17-20,41-43H,15-16,21-28H2,1-10H3,(H,60,66)(H,61,65)(H,62,69)(H,67,68)(H3,56,58,63)(H3,57,59,64)/t42-,43-/m0/s1. The number of carboxylic acid groups (broad SMARTS) is 1. The Morgan fingerprint density at radius 1 is 0.641 bits per heavy atom. The number of fused-ring (bicyclic) bond motifs is 5. The Kier molecular flexibility index (Phi) is 17.1. The van der Waals surface area contributed by atoms with Gasteiger partial charge in [0.2, 0.25) is 23.7 Å². The number of nitrogens with one attached hydrogen (secondary N) is 9. The molecule has 3 aliphatic rings. The van der Waals surface area contributed by atoms with E-state index in [4.69, 9.17) is 25.0 Å². The number of guanidine groups is 2. The number of aliphatic carboxylic acids is 1. The van der Waals surface area contributed by atoms with E-state index in [1.54, 1.807) is 41.5 Å². The van der Waals surface area contributed by atoms with E-state index in [-0.39, 0.29) is 61.1 Å². The molecule has 4 aromatic rings. The zero-order chi connectivity index (χ0) is 57.2. The van der Waals surface area contributed by atoms with E-state index in [2.05, 4.69) is 36.0 Å². The third-order valence-electron chi connectivity index (χ3n) is 14.5. The van der Waals surface area contributed by atoms with E-state index in [9.17, 15) is 41.1 Å². The van der Waals surface area contributed by atoms with E-state index >= 15 is 0 Å². The number of hydrogen-bond donors (Lipinski definition) is 10. The van der Waals surface area contributed by atoms with Crippen molar-refractivity contribution in [3.8, 4) is 22.6 Å². The molecule has 23 heteroatoms. The number of ether oxygens (including phenoxy) is 3. The number of benzene rings is 4. The Balaban J connectivity index is 0.930. The molecule has 0 saturated carbocycles. The first kappa shape index (κ1) is 58.3. The summed E-state index contributed by atoms with van der Waals surface area (Å²) in [4.78, 5) is 52.7. The first-order chi connectivity index (χ1) is 36.5. The van der Waals surface area contributed by atoms with Crippen molar-refractivity contribution in [1.82, 2.24) is 36.0 Å². The van der Waals surface area contributed by atoms with Crippen LogP contribution in [-0.2, 0) is 52.0 Å². The number of sulfonamides is 2. The molecule has 0 fully saturated rings. The number of alkyl carbamates (subject to hydrolysis) is 1. The zero-order valence-corrected chi connectivity index (χ0v) is 47.3. The van der Waals surface area contributed by atoms with Crippen LogP contribution in [0.3, 0.4) is 0 Å². The molecular formula is C55H71N9O12S2. The van der Waals surface area contributed by atoms with Crippen LogP contribution in [0.15, 0.2) is 58.3 Å². The van der Waals surface area contributed by atoms with Gasteiger partial charge in [-0.05, 0) is 151 Å². The molecule has 0 bridgehead atoms. The quantitative estimate of drug-likeness (QED) is 0.0300. The van der Waals surface area contributed by atoms with Gasteiger partial charge in [0.15, 0.2) is 0 Å². The number of amides is 3. The second-order valence-corrected chi connectivity index (χ2v) is 24.6. The summed E-state index contributed by atoms with van der Waals surface area (Å²) in [5.74, 6) is -3.07. The molecule has 0 radical (unpaired) electrons. The van der Waals surface area contributed by atoms with Crippen molar-refractivity contribution in [2.45, 2.75) is 147 Å². The minimum Gasteiger partial charge on any atom is -0.487 e. The van der Waals surface area contributed by atoms with E-state index in [1.165, 1.54) is 0 Å². The minimum atomic E-state index is -4.24. The van der Waals surface area contributed by atoms with Crippen LogP contribution in [0.2, 0.25) is 0 Å². The van der Waals surface area contributed by atoms with Gasteiger partial charge in [-0.3, -0.25) is 20.4 Å². The van der Waals surface area contributed by atoms with Crippen molar-refractivity contribution in [3.05, 3.63) is 104 Å². The number of carbonyl (C=O) groups excluding carboxylic acids is 3. The van der Waals surface area contributed by atoms with Gasteiger partial charge in [0.1, 0.15) is 41.4 Å². The monoisotopic (exact) mass is 1110 g/mol. The highest BCUT2D eigenvalue weighted by Crippen LogP contribution is 2.46. The molecule has 2 heterocycles. The Hall–Kier alpha value is -7.40. The molecule has 7 rings (SSSR count). The molecule has 0 spiro atoms. The van der Waals surface area contributed by atoms with Crippen molar-refractivity contribution in [3.63, 3.8) is 0 Å². The fourth-order valence-electron chi connectivity index (χ4n) is 10.6. The summed E-state index contributed by atoms with van der Waals surface area (Å²) in [6.07, 6.45) is 0.0733. The highest BCUT2D eigenvalue weighted by molar-refractivity contribution is 7.90. The molecule has 2 atom stereocenters. The molecule has 4 aromatic carbocycles. The summed E-state index contributed by atoms with van der Waals surface area (Å²) < 4.78 is 77.2. The number of carboxylic acids is 1. The number of hydrogen-bond acceptors (Lipinski definition) is 13. The lowest BCUT2D eigenvalue weighted by Gasteiger charge is -2.21. The normalized spacial score (nSPS) is 15.4. The van der Waals surface area contributed by atoms with E-state index in [1.807, 2.05) is 76.2 Å². The fourth-order valence-corrected chi connectivity index (χ4v) is 13.7. The van der Waals surface area contributed by atoms with Gasteiger partial charge >= 0.3 is 12.1 Å². The van der Waals surface area contributed by atoms with Gasteiger partial charge in [0.05, 0.1) is 16.3 Å². The average Bonchev–Trinajstić information content (AvgIpc) is 4.00. The van der Waals surface area contributed by atoms with Gasteiger partial charge in [-0.2, -0.15) is 0 Å². The van der Waals surface area contributed by atoms with Crippen molar-refractivity contribution in [2.24, 2.45) is 0 Å². The molecule has 0 saturated heterocycles. The smallest absolute Gasteiger partial charge is 0.407 e. The molecule has 78 heavy (non-hydrogen) atoms. The molecule has 0 unspecified atom stereocenters. The minimum absolute atomic E-state index is 0.0240. The maximum atomic E-state index is 13.8. The summed E-state index contributed by atoms with van der Waals surface area (Å²) >= 11 is 0. The van der Waals surface area contributed by atoms with E-state index in [0.29, 0.717) is 57.7 Å². The predicted molar refractivity (Wildman–Crippen MR) is 293 cm³/mol. The van der Waals surface area contributed by atoms with Crippen LogP contribution >= 0.6 is 0 Å². The van der Waals surface area contributed by atoms with Crippen LogP contribution in [0.25, 0.3) is 11.1 Å². The second kappa shape index (κ2) is 22.9. The van der Waals surface area contributed by atoms with Crippen LogP contribution in [-0.4, -0.2) is 107 Å².